The van der Waals surface area contributed by atoms with E-state index in [1.807, 2.05) is 38.1 Å². The molecule has 1 aromatic heterocycles. The molecule has 0 radical (unpaired) electrons. The molecule has 1 unspecified atom stereocenters. The first-order valence-electron chi connectivity index (χ1n) is 8.98. The van der Waals surface area contributed by atoms with Crippen molar-refractivity contribution < 1.29 is 24.9 Å². The number of aromatic nitrogens is 1. The zero-order valence-electron chi connectivity index (χ0n) is 16.9. The second-order valence-corrected chi connectivity index (χ2v) is 6.29. The summed E-state index contributed by atoms with van der Waals surface area (Å²) in [6.07, 6.45) is 0.705. The van der Waals surface area contributed by atoms with E-state index in [0.29, 0.717) is 29.1 Å². The Morgan fingerprint density at radius 2 is 1.79 bits per heavy atom. The minimum absolute atomic E-state index is 0. The van der Waals surface area contributed by atoms with Gasteiger partial charge in [0.05, 0.1) is 25.5 Å². The third-order valence-corrected chi connectivity index (χ3v) is 4.24. The number of rotatable bonds is 10. The Bertz CT molecular complexity index is 749. The fraction of sp³-hybridized carbons (Fsp3) is 0.450. The fourth-order valence-electron chi connectivity index (χ4n) is 2.67. The van der Waals surface area contributed by atoms with Crippen LogP contribution >= 0.6 is 24.8 Å². The van der Waals surface area contributed by atoms with Crippen LogP contribution in [0.1, 0.15) is 29.3 Å². The van der Waals surface area contributed by atoms with Crippen LogP contribution in [0.3, 0.4) is 0 Å². The van der Waals surface area contributed by atoms with Crippen molar-refractivity contribution >= 4 is 24.8 Å². The van der Waals surface area contributed by atoms with E-state index >= 15 is 0 Å². The van der Waals surface area contributed by atoms with Crippen molar-refractivity contribution in [2.45, 2.75) is 40.1 Å². The molecule has 3 N–H and O–H groups in total. The van der Waals surface area contributed by atoms with Crippen molar-refractivity contribution in [3.05, 3.63) is 52.8 Å². The van der Waals surface area contributed by atoms with Gasteiger partial charge in [0.15, 0.2) is 0 Å². The molecular weight excluding hydrogens is 419 g/mol. The number of ether oxygens (including phenoxy) is 1. The molecule has 2 rings (SSSR count). The topological polar surface area (TPSA) is 95.3 Å². The highest BCUT2D eigenvalue weighted by Crippen LogP contribution is 2.26. The maximum absolute atomic E-state index is 10.4. The smallest absolute Gasteiger partial charge is 0.150 e. The van der Waals surface area contributed by atoms with Gasteiger partial charge in [-0.05, 0) is 32.4 Å². The molecule has 164 valence electrons. The van der Waals surface area contributed by atoms with Crippen molar-refractivity contribution in [3.63, 3.8) is 0 Å². The van der Waals surface area contributed by atoms with Gasteiger partial charge in [-0.25, -0.2) is 0 Å². The van der Waals surface area contributed by atoms with Crippen LogP contribution in [0.2, 0.25) is 0 Å². The van der Waals surface area contributed by atoms with Crippen LogP contribution in [0.4, 0.5) is 0 Å². The minimum Gasteiger partial charge on any atom is -0.489 e. The highest BCUT2D eigenvalue weighted by atomic mass is 35.5. The molecule has 7 nitrogen and oxygen atoms in total. The van der Waals surface area contributed by atoms with Crippen LogP contribution < -0.4 is 9.57 Å². The summed E-state index contributed by atoms with van der Waals surface area (Å²) in [5.41, 5.74) is 2.59. The number of pyridine rings is 1. The van der Waals surface area contributed by atoms with Crippen molar-refractivity contribution in [1.82, 2.24) is 10.0 Å². The van der Waals surface area contributed by atoms with Crippen molar-refractivity contribution in [1.29, 1.82) is 0 Å². The predicted octanol–water partition coefficient (Wildman–Crippen LogP) is 2.58. The van der Waals surface area contributed by atoms with Crippen LogP contribution in [-0.4, -0.2) is 51.2 Å². The number of nitrogens with zero attached hydrogens (tertiary/aromatic N) is 2. The second-order valence-electron chi connectivity index (χ2n) is 6.29. The molecule has 1 atom stereocenters. The lowest BCUT2D eigenvalue weighted by molar-refractivity contribution is -0.0864. The Morgan fingerprint density at radius 1 is 1.10 bits per heavy atom. The number of halogens is 2. The van der Waals surface area contributed by atoms with Crippen LogP contribution in [0.5, 0.6) is 11.5 Å². The first-order chi connectivity index (χ1) is 13.0. The van der Waals surface area contributed by atoms with Gasteiger partial charge in [0, 0.05) is 23.9 Å². The van der Waals surface area contributed by atoms with Crippen LogP contribution in [-0.2, 0) is 13.2 Å². The molecular formula is C20H30Cl2N2O5. The average Bonchev–Trinajstić information content (AvgIpc) is 2.67. The van der Waals surface area contributed by atoms with E-state index in [-0.39, 0.29) is 51.2 Å². The molecule has 2 aromatic rings. The van der Waals surface area contributed by atoms with E-state index in [0.717, 1.165) is 11.3 Å². The van der Waals surface area contributed by atoms with E-state index in [1.54, 1.807) is 12.0 Å². The highest BCUT2D eigenvalue weighted by molar-refractivity contribution is 5.85. The van der Waals surface area contributed by atoms with Gasteiger partial charge in [0.25, 0.3) is 0 Å². The highest BCUT2D eigenvalue weighted by Gasteiger charge is 2.17. The van der Waals surface area contributed by atoms with Gasteiger partial charge in [-0.3, -0.25) is 4.98 Å². The van der Waals surface area contributed by atoms with Crippen LogP contribution in [0.15, 0.2) is 30.5 Å². The number of aliphatic hydroxyl groups is 3. The monoisotopic (exact) mass is 448 g/mol. The van der Waals surface area contributed by atoms with Gasteiger partial charge in [0.2, 0.25) is 0 Å². The SMILES string of the molecule is CCN(CC(O)COc1c(C)ncc(CO)c1CO)Oc1ccccc1C.Cl.Cl. The predicted molar refractivity (Wildman–Crippen MR) is 116 cm³/mol. The Labute approximate surface area is 184 Å². The summed E-state index contributed by atoms with van der Waals surface area (Å²) in [4.78, 5) is 10.0. The molecule has 0 saturated carbocycles. The maximum atomic E-state index is 10.4. The summed E-state index contributed by atoms with van der Waals surface area (Å²) in [5, 5.41) is 31.0. The average molecular weight is 449 g/mol. The van der Waals surface area contributed by atoms with E-state index in [2.05, 4.69) is 4.98 Å². The molecule has 29 heavy (non-hydrogen) atoms. The molecule has 0 aliphatic rings. The lowest BCUT2D eigenvalue weighted by Gasteiger charge is -2.25. The first kappa shape index (κ1) is 27.4. The standard InChI is InChI=1S/C20H28N2O5.2ClH/c1-4-22(27-19-8-6-5-7-14(19)2)10-17(25)13-26-20-15(3)21-9-16(11-23)18(20)12-24;;/h5-9,17,23-25H,4,10-13H2,1-3H3;2*1H. The lowest BCUT2D eigenvalue weighted by Crippen LogP contribution is -2.38. The molecule has 1 aromatic carbocycles. The van der Waals surface area contributed by atoms with E-state index < -0.39 is 6.10 Å². The van der Waals surface area contributed by atoms with Gasteiger partial charge in [0.1, 0.15) is 24.2 Å². The number of likely N-dealkylation sites (N-methyl/N-ethyl adjacent to an activating group) is 1. The molecule has 0 fully saturated rings. The minimum atomic E-state index is -0.808. The number of benzene rings is 1. The fourth-order valence-corrected chi connectivity index (χ4v) is 2.67. The molecule has 9 heteroatoms. The summed E-state index contributed by atoms with van der Waals surface area (Å²) >= 11 is 0. The Kier molecular flexibility index (Phi) is 12.8. The van der Waals surface area contributed by atoms with Crippen molar-refractivity contribution in [2.24, 2.45) is 0 Å². The first-order valence-corrected chi connectivity index (χ1v) is 8.98. The number of aliphatic hydroxyl groups excluding tert-OH is 3. The molecule has 0 aliphatic heterocycles. The normalized spacial score (nSPS) is 11.4. The Balaban J connectivity index is 0.00000392. The van der Waals surface area contributed by atoms with Gasteiger partial charge in [-0.2, -0.15) is 0 Å². The van der Waals surface area contributed by atoms with Crippen LogP contribution in [0, 0.1) is 13.8 Å². The zero-order valence-corrected chi connectivity index (χ0v) is 18.5. The van der Waals surface area contributed by atoms with Crippen LogP contribution in [0.25, 0.3) is 0 Å². The summed E-state index contributed by atoms with van der Waals surface area (Å²) < 4.78 is 5.72. The molecule has 0 bridgehead atoms. The van der Waals surface area contributed by atoms with E-state index in [9.17, 15) is 15.3 Å². The summed E-state index contributed by atoms with van der Waals surface area (Å²) in [7, 11) is 0. The largest absolute Gasteiger partial charge is 0.489 e. The summed E-state index contributed by atoms with van der Waals surface area (Å²) in [6, 6.07) is 7.68. The third-order valence-electron chi connectivity index (χ3n) is 4.24. The lowest BCUT2D eigenvalue weighted by atomic mass is 10.1. The number of hydroxylamine groups is 2. The number of aryl methyl sites for hydroxylation is 2. The number of hydrogen-bond donors (Lipinski definition) is 3. The Morgan fingerprint density at radius 3 is 2.38 bits per heavy atom. The van der Waals surface area contributed by atoms with Crippen molar-refractivity contribution in [3.8, 4) is 11.5 Å². The second kappa shape index (κ2) is 13.6. The summed E-state index contributed by atoms with van der Waals surface area (Å²) in [5.74, 6) is 1.14. The third kappa shape index (κ3) is 7.62. The maximum Gasteiger partial charge on any atom is 0.150 e. The molecule has 0 amide bonds. The van der Waals surface area contributed by atoms with E-state index in [1.165, 1.54) is 6.20 Å². The van der Waals surface area contributed by atoms with Gasteiger partial charge in [-0.15, -0.1) is 29.9 Å². The van der Waals surface area contributed by atoms with Crippen molar-refractivity contribution in [2.75, 3.05) is 19.7 Å². The molecule has 0 aliphatic carbocycles. The molecule has 0 saturated heterocycles. The van der Waals surface area contributed by atoms with E-state index in [4.69, 9.17) is 9.57 Å². The van der Waals surface area contributed by atoms with Gasteiger partial charge in [-0.1, -0.05) is 18.2 Å². The van der Waals surface area contributed by atoms with Gasteiger partial charge < -0.3 is 24.9 Å². The quantitative estimate of drug-likeness (QED) is 0.480. The van der Waals surface area contributed by atoms with Gasteiger partial charge >= 0.3 is 0 Å². The zero-order chi connectivity index (χ0) is 19.8. The Hall–Kier alpha value is -1.61. The summed E-state index contributed by atoms with van der Waals surface area (Å²) in [6.45, 7) is 5.99. The number of para-hydroxylation sites is 1. The molecule has 0 spiro atoms. The number of hydrogen-bond acceptors (Lipinski definition) is 7. The molecule has 1 heterocycles.